The van der Waals surface area contributed by atoms with Gasteiger partial charge in [-0.1, -0.05) is 6.07 Å². The highest BCUT2D eigenvalue weighted by atomic mass is 35.5. The lowest BCUT2D eigenvalue weighted by molar-refractivity contribution is 0.122. The third-order valence-corrected chi connectivity index (χ3v) is 3.25. The normalized spacial score (nSPS) is 15.3. The molecule has 1 aromatic heterocycles. The minimum Gasteiger partial charge on any atom is -0.378 e. The number of rotatable bonds is 2. The second-order valence-electron chi connectivity index (χ2n) is 4.42. The third-order valence-electron chi connectivity index (χ3n) is 3.08. The van der Waals surface area contributed by atoms with Crippen LogP contribution >= 0.6 is 11.6 Å². The summed E-state index contributed by atoms with van der Waals surface area (Å²) in [5.74, 6) is -1.32. The Morgan fingerprint density at radius 1 is 1.05 bits per heavy atom. The average molecular weight is 313 g/mol. The van der Waals surface area contributed by atoms with Gasteiger partial charge < -0.3 is 9.64 Å². The standard InChI is InChI=1S/C13H11ClF2N4O/c14-12-17-11(10-8(15)2-1-3-9(10)16)18-13(19-12)20-4-6-21-7-5-20/h1-3H,4-7H2. The van der Waals surface area contributed by atoms with Gasteiger partial charge in [-0.3, -0.25) is 0 Å². The van der Waals surface area contributed by atoms with Crippen LogP contribution in [-0.4, -0.2) is 41.3 Å². The van der Waals surface area contributed by atoms with Gasteiger partial charge in [-0.2, -0.15) is 15.0 Å². The van der Waals surface area contributed by atoms with Crippen LogP contribution in [0.15, 0.2) is 18.2 Å². The summed E-state index contributed by atoms with van der Waals surface area (Å²) < 4.78 is 32.9. The Hall–Kier alpha value is -1.86. The lowest BCUT2D eigenvalue weighted by atomic mass is 10.2. The van der Waals surface area contributed by atoms with Gasteiger partial charge in [0.05, 0.1) is 18.8 Å². The molecule has 21 heavy (non-hydrogen) atoms. The molecule has 1 aliphatic heterocycles. The van der Waals surface area contributed by atoms with E-state index in [9.17, 15) is 8.78 Å². The van der Waals surface area contributed by atoms with Gasteiger partial charge in [0.1, 0.15) is 11.6 Å². The molecule has 0 unspecified atom stereocenters. The van der Waals surface area contributed by atoms with Crippen molar-refractivity contribution in [2.24, 2.45) is 0 Å². The maximum Gasteiger partial charge on any atom is 0.230 e. The Bertz CT molecular complexity index is 644. The predicted molar refractivity (Wildman–Crippen MR) is 73.2 cm³/mol. The molecule has 1 fully saturated rings. The molecule has 0 saturated carbocycles. The van der Waals surface area contributed by atoms with E-state index in [0.29, 0.717) is 26.3 Å². The fraction of sp³-hybridized carbons (Fsp3) is 0.308. The largest absolute Gasteiger partial charge is 0.378 e. The highest BCUT2D eigenvalue weighted by Crippen LogP contribution is 2.25. The van der Waals surface area contributed by atoms with Crippen molar-refractivity contribution in [3.8, 4) is 11.4 Å². The monoisotopic (exact) mass is 312 g/mol. The summed E-state index contributed by atoms with van der Waals surface area (Å²) in [6.45, 7) is 2.23. The van der Waals surface area contributed by atoms with Gasteiger partial charge >= 0.3 is 0 Å². The van der Waals surface area contributed by atoms with E-state index in [2.05, 4.69) is 15.0 Å². The minimum atomic E-state index is -0.745. The smallest absolute Gasteiger partial charge is 0.230 e. The van der Waals surface area contributed by atoms with Crippen LogP contribution in [0.5, 0.6) is 0 Å². The van der Waals surface area contributed by atoms with Crippen LogP contribution in [0.4, 0.5) is 14.7 Å². The van der Waals surface area contributed by atoms with Gasteiger partial charge in [0.15, 0.2) is 5.82 Å². The molecule has 0 aliphatic carbocycles. The SMILES string of the molecule is Fc1cccc(F)c1-c1nc(Cl)nc(N2CCOCC2)n1. The molecule has 0 N–H and O–H groups in total. The summed E-state index contributed by atoms with van der Waals surface area (Å²) in [6.07, 6.45) is 0. The van der Waals surface area contributed by atoms with Crippen LogP contribution in [0.2, 0.25) is 5.28 Å². The number of halogens is 3. The Labute approximate surface area is 124 Å². The fourth-order valence-corrected chi connectivity index (χ4v) is 2.22. The molecular formula is C13H11ClF2N4O. The molecule has 0 spiro atoms. The van der Waals surface area contributed by atoms with Crippen LogP contribution in [0.25, 0.3) is 11.4 Å². The topological polar surface area (TPSA) is 51.1 Å². The molecule has 0 amide bonds. The summed E-state index contributed by atoms with van der Waals surface area (Å²) in [5, 5.41) is -0.107. The molecule has 0 atom stereocenters. The number of aromatic nitrogens is 3. The summed E-state index contributed by atoms with van der Waals surface area (Å²) >= 11 is 5.86. The van der Waals surface area contributed by atoms with Crippen LogP contribution in [0.3, 0.4) is 0 Å². The number of anilines is 1. The first-order valence-electron chi connectivity index (χ1n) is 6.34. The second kappa shape index (κ2) is 5.87. The summed E-state index contributed by atoms with van der Waals surface area (Å²) in [4.78, 5) is 13.8. The maximum atomic E-state index is 13.8. The van der Waals surface area contributed by atoms with Crippen molar-refractivity contribution in [1.82, 2.24) is 15.0 Å². The van der Waals surface area contributed by atoms with E-state index in [1.54, 1.807) is 0 Å². The van der Waals surface area contributed by atoms with Crippen LogP contribution in [0, 0.1) is 11.6 Å². The molecule has 5 nitrogen and oxygen atoms in total. The van der Waals surface area contributed by atoms with Gasteiger partial charge in [-0.05, 0) is 23.7 Å². The molecule has 1 aromatic carbocycles. The lowest BCUT2D eigenvalue weighted by Gasteiger charge is -2.26. The summed E-state index contributed by atoms with van der Waals surface area (Å²) in [5.41, 5.74) is -0.309. The van der Waals surface area contributed by atoms with Crippen molar-refractivity contribution in [2.75, 3.05) is 31.2 Å². The summed E-state index contributed by atoms with van der Waals surface area (Å²) in [7, 11) is 0. The maximum absolute atomic E-state index is 13.8. The van der Waals surface area contributed by atoms with Crippen molar-refractivity contribution < 1.29 is 13.5 Å². The number of hydrogen-bond acceptors (Lipinski definition) is 5. The minimum absolute atomic E-state index is 0.107. The highest BCUT2D eigenvalue weighted by molar-refractivity contribution is 6.28. The highest BCUT2D eigenvalue weighted by Gasteiger charge is 2.20. The molecule has 1 aliphatic rings. The Morgan fingerprint density at radius 2 is 1.71 bits per heavy atom. The van der Waals surface area contributed by atoms with E-state index < -0.39 is 11.6 Å². The number of hydrogen-bond donors (Lipinski definition) is 0. The van der Waals surface area contributed by atoms with E-state index in [1.165, 1.54) is 6.07 Å². The van der Waals surface area contributed by atoms with Crippen LogP contribution in [-0.2, 0) is 4.74 Å². The zero-order valence-electron chi connectivity index (χ0n) is 10.9. The molecular weight excluding hydrogens is 302 g/mol. The molecule has 0 bridgehead atoms. The number of benzene rings is 1. The molecule has 110 valence electrons. The van der Waals surface area contributed by atoms with E-state index in [4.69, 9.17) is 16.3 Å². The average Bonchev–Trinajstić information content (AvgIpc) is 2.47. The summed E-state index contributed by atoms with van der Waals surface area (Å²) in [6, 6.07) is 3.56. The van der Waals surface area contributed by atoms with Crippen LogP contribution in [0.1, 0.15) is 0 Å². The van der Waals surface area contributed by atoms with Gasteiger partial charge in [0.25, 0.3) is 0 Å². The first-order valence-corrected chi connectivity index (χ1v) is 6.71. The first-order chi connectivity index (χ1) is 10.1. The van der Waals surface area contributed by atoms with Crippen molar-refractivity contribution in [2.45, 2.75) is 0 Å². The Kier molecular flexibility index (Phi) is 3.94. The van der Waals surface area contributed by atoms with Crippen molar-refractivity contribution in [3.63, 3.8) is 0 Å². The zero-order valence-corrected chi connectivity index (χ0v) is 11.6. The first kappa shape index (κ1) is 14.1. The van der Waals surface area contributed by atoms with Crippen molar-refractivity contribution >= 4 is 17.5 Å². The van der Waals surface area contributed by atoms with E-state index in [0.717, 1.165) is 12.1 Å². The second-order valence-corrected chi connectivity index (χ2v) is 4.76. The Morgan fingerprint density at radius 3 is 2.38 bits per heavy atom. The van der Waals surface area contributed by atoms with E-state index >= 15 is 0 Å². The fourth-order valence-electron chi connectivity index (χ4n) is 2.07. The number of morpholine rings is 1. The van der Waals surface area contributed by atoms with Crippen molar-refractivity contribution in [3.05, 3.63) is 35.1 Å². The zero-order chi connectivity index (χ0) is 14.8. The molecule has 2 heterocycles. The molecule has 1 saturated heterocycles. The number of ether oxygens (including phenoxy) is 1. The molecule has 8 heteroatoms. The lowest BCUT2D eigenvalue weighted by Crippen LogP contribution is -2.37. The van der Waals surface area contributed by atoms with Crippen molar-refractivity contribution in [1.29, 1.82) is 0 Å². The molecule has 3 rings (SSSR count). The third kappa shape index (κ3) is 2.93. The Balaban J connectivity index is 2.05. The van der Waals surface area contributed by atoms with Gasteiger partial charge in [0, 0.05) is 13.1 Å². The number of nitrogens with zero attached hydrogens (tertiary/aromatic N) is 4. The van der Waals surface area contributed by atoms with Gasteiger partial charge in [-0.25, -0.2) is 8.78 Å². The van der Waals surface area contributed by atoms with E-state index in [-0.39, 0.29) is 22.6 Å². The predicted octanol–water partition coefficient (Wildman–Crippen LogP) is 2.31. The van der Waals surface area contributed by atoms with E-state index in [1.807, 2.05) is 4.90 Å². The molecule has 2 aromatic rings. The van der Waals surface area contributed by atoms with Gasteiger partial charge in [0.2, 0.25) is 11.2 Å². The molecule has 0 radical (unpaired) electrons. The quantitative estimate of drug-likeness (QED) is 0.851. The van der Waals surface area contributed by atoms with Crippen LogP contribution < -0.4 is 4.90 Å². The van der Waals surface area contributed by atoms with Gasteiger partial charge in [-0.15, -0.1) is 0 Å².